The van der Waals surface area contributed by atoms with Gasteiger partial charge in [-0.25, -0.2) is 0 Å². The van der Waals surface area contributed by atoms with Crippen LogP contribution in [0.2, 0.25) is 5.02 Å². The summed E-state index contributed by atoms with van der Waals surface area (Å²) >= 11 is 5.87. The number of nitriles is 1. The number of rotatable bonds is 2. The van der Waals surface area contributed by atoms with Gasteiger partial charge >= 0.3 is 0 Å². The van der Waals surface area contributed by atoms with Crippen LogP contribution in [-0.4, -0.2) is 11.8 Å². The first-order chi connectivity index (χ1) is 8.11. The van der Waals surface area contributed by atoms with Crippen molar-refractivity contribution in [1.82, 2.24) is 0 Å². The fourth-order valence-electron chi connectivity index (χ4n) is 2.17. The summed E-state index contributed by atoms with van der Waals surface area (Å²) in [6.45, 7) is 4.25. The second-order valence-electron chi connectivity index (χ2n) is 4.71. The molecule has 1 aliphatic heterocycles. The van der Waals surface area contributed by atoms with Gasteiger partial charge in [0.25, 0.3) is 0 Å². The highest BCUT2D eigenvalue weighted by molar-refractivity contribution is 6.30. The smallest absolute Gasteiger partial charge is 0.143 e. The lowest BCUT2D eigenvalue weighted by Gasteiger charge is -2.13. The van der Waals surface area contributed by atoms with Gasteiger partial charge in [0.15, 0.2) is 0 Å². The maximum Gasteiger partial charge on any atom is 0.143 e. The highest BCUT2D eigenvalue weighted by atomic mass is 35.5. The first-order valence-corrected chi connectivity index (χ1v) is 6.21. The molecule has 0 fully saturated rings. The summed E-state index contributed by atoms with van der Waals surface area (Å²) in [7, 11) is 0. The summed E-state index contributed by atoms with van der Waals surface area (Å²) in [6.07, 6.45) is 0.886. The van der Waals surface area contributed by atoms with E-state index in [4.69, 9.17) is 16.9 Å². The number of hydrogen-bond donors (Lipinski definition) is 0. The van der Waals surface area contributed by atoms with Crippen molar-refractivity contribution in [1.29, 1.82) is 5.26 Å². The molecule has 2 nitrogen and oxygen atoms in total. The number of hydrogen-bond acceptors (Lipinski definition) is 2. The van der Waals surface area contributed by atoms with Crippen LogP contribution in [0, 0.1) is 17.2 Å². The molecule has 0 saturated heterocycles. The Balaban J connectivity index is 2.24. The molecule has 0 N–H and O–H groups in total. The summed E-state index contributed by atoms with van der Waals surface area (Å²) in [5.74, 6) is 0.609. The van der Waals surface area contributed by atoms with Gasteiger partial charge < -0.3 is 0 Å². The molecule has 2 atom stereocenters. The third-order valence-electron chi connectivity index (χ3n) is 3.21. The standard InChI is InChI=1S/C14H15ClN2/c1-9(2)13-7-12(14(8-16)17-13)10-3-5-11(15)6-4-10/h3-6,9,12,14H,7H2,1-2H3/t12-,14+/m1/s1. The molecule has 3 heteroatoms. The van der Waals surface area contributed by atoms with E-state index in [0.29, 0.717) is 5.92 Å². The number of benzene rings is 1. The number of halogens is 1. The minimum absolute atomic E-state index is 0.190. The van der Waals surface area contributed by atoms with Crippen LogP contribution >= 0.6 is 11.6 Å². The molecular formula is C14H15ClN2. The molecule has 2 rings (SSSR count). The van der Waals surface area contributed by atoms with Crippen molar-refractivity contribution in [3.63, 3.8) is 0 Å². The summed E-state index contributed by atoms with van der Waals surface area (Å²) in [5, 5.41) is 9.90. The van der Waals surface area contributed by atoms with Gasteiger partial charge in [-0.1, -0.05) is 37.6 Å². The first-order valence-electron chi connectivity index (χ1n) is 5.83. The van der Waals surface area contributed by atoms with Crippen molar-refractivity contribution in [2.45, 2.75) is 32.2 Å². The van der Waals surface area contributed by atoms with Gasteiger partial charge in [0.1, 0.15) is 6.04 Å². The molecule has 17 heavy (non-hydrogen) atoms. The third-order valence-corrected chi connectivity index (χ3v) is 3.46. The van der Waals surface area contributed by atoms with Crippen molar-refractivity contribution in [3.8, 4) is 6.07 Å². The van der Waals surface area contributed by atoms with E-state index in [9.17, 15) is 0 Å². The van der Waals surface area contributed by atoms with Crippen molar-refractivity contribution < 1.29 is 0 Å². The van der Waals surface area contributed by atoms with E-state index in [1.807, 2.05) is 24.3 Å². The van der Waals surface area contributed by atoms with Crippen LogP contribution in [0.5, 0.6) is 0 Å². The van der Waals surface area contributed by atoms with E-state index in [2.05, 4.69) is 24.9 Å². The minimum atomic E-state index is -0.242. The van der Waals surface area contributed by atoms with E-state index in [-0.39, 0.29) is 12.0 Å². The Morgan fingerprint density at radius 2 is 2.00 bits per heavy atom. The van der Waals surface area contributed by atoms with Gasteiger partial charge in [-0.3, -0.25) is 4.99 Å². The van der Waals surface area contributed by atoms with Crippen molar-refractivity contribution in [2.75, 3.05) is 0 Å². The summed E-state index contributed by atoms with van der Waals surface area (Å²) in [6, 6.07) is 9.79. The van der Waals surface area contributed by atoms with Gasteiger partial charge in [-0.05, 0) is 30.0 Å². The molecule has 0 aromatic heterocycles. The molecule has 0 spiro atoms. The molecule has 0 aliphatic carbocycles. The van der Waals surface area contributed by atoms with Crippen molar-refractivity contribution >= 4 is 17.3 Å². The van der Waals surface area contributed by atoms with Crippen LogP contribution in [0.3, 0.4) is 0 Å². The fourth-order valence-corrected chi connectivity index (χ4v) is 2.30. The van der Waals surface area contributed by atoms with E-state index < -0.39 is 0 Å². The van der Waals surface area contributed by atoms with Crippen LogP contribution in [0.4, 0.5) is 0 Å². The average molecular weight is 247 g/mol. The molecule has 1 heterocycles. The lowest BCUT2D eigenvalue weighted by molar-refractivity contribution is 0.684. The fraction of sp³-hybridized carbons (Fsp3) is 0.429. The maximum atomic E-state index is 9.17. The first kappa shape index (κ1) is 12.1. The van der Waals surface area contributed by atoms with Crippen molar-refractivity contribution in [2.24, 2.45) is 10.9 Å². The van der Waals surface area contributed by atoms with E-state index in [1.54, 1.807) is 0 Å². The molecule has 0 radical (unpaired) electrons. The second kappa shape index (κ2) is 4.89. The van der Waals surface area contributed by atoms with Gasteiger partial charge in [0.05, 0.1) is 6.07 Å². The van der Waals surface area contributed by atoms with Crippen molar-refractivity contribution in [3.05, 3.63) is 34.9 Å². The molecule has 0 unspecified atom stereocenters. The second-order valence-corrected chi connectivity index (χ2v) is 5.15. The van der Waals surface area contributed by atoms with Crippen LogP contribution in [0.25, 0.3) is 0 Å². The maximum absolute atomic E-state index is 9.17. The van der Waals surface area contributed by atoms with E-state index in [0.717, 1.165) is 22.7 Å². The quantitative estimate of drug-likeness (QED) is 0.782. The molecule has 1 aromatic rings. The lowest BCUT2D eigenvalue weighted by Crippen LogP contribution is -2.10. The number of aliphatic imine (C=N–C) groups is 1. The predicted molar refractivity (Wildman–Crippen MR) is 70.5 cm³/mol. The average Bonchev–Trinajstić information content (AvgIpc) is 2.74. The van der Waals surface area contributed by atoms with E-state index >= 15 is 0 Å². The van der Waals surface area contributed by atoms with Crippen LogP contribution in [0.15, 0.2) is 29.3 Å². The zero-order chi connectivity index (χ0) is 12.4. The van der Waals surface area contributed by atoms with Crippen LogP contribution in [-0.2, 0) is 0 Å². The molecule has 0 bridgehead atoms. The summed E-state index contributed by atoms with van der Waals surface area (Å²) in [5.41, 5.74) is 2.30. The summed E-state index contributed by atoms with van der Waals surface area (Å²) in [4.78, 5) is 4.51. The number of nitrogens with zero attached hydrogens (tertiary/aromatic N) is 2. The van der Waals surface area contributed by atoms with Gasteiger partial charge in [-0.2, -0.15) is 5.26 Å². The van der Waals surface area contributed by atoms with Gasteiger partial charge in [0.2, 0.25) is 0 Å². The van der Waals surface area contributed by atoms with E-state index in [1.165, 1.54) is 0 Å². The van der Waals surface area contributed by atoms with Crippen LogP contribution in [0.1, 0.15) is 31.7 Å². The Hall–Kier alpha value is -1.33. The predicted octanol–water partition coefficient (Wildman–Crippen LogP) is 3.82. The highest BCUT2D eigenvalue weighted by Crippen LogP contribution is 2.33. The van der Waals surface area contributed by atoms with Gasteiger partial charge in [0, 0.05) is 16.7 Å². The minimum Gasteiger partial charge on any atom is -0.275 e. The van der Waals surface area contributed by atoms with Gasteiger partial charge in [-0.15, -0.1) is 0 Å². The molecule has 0 saturated carbocycles. The molecule has 1 aliphatic rings. The lowest BCUT2D eigenvalue weighted by atomic mass is 9.89. The molecular weight excluding hydrogens is 232 g/mol. The normalized spacial score (nSPS) is 23.6. The Bertz CT molecular complexity index is 468. The third kappa shape index (κ3) is 2.50. The molecule has 0 amide bonds. The molecule has 88 valence electrons. The zero-order valence-electron chi connectivity index (χ0n) is 10.0. The summed E-state index contributed by atoms with van der Waals surface area (Å²) < 4.78 is 0. The SMILES string of the molecule is CC(C)C1=N[C@@H](C#N)[C@@H](c2ccc(Cl)cc2)C1. The van der Waals surface area contributed by atoms with Crippen LogP contribution < -0.4 is 0 Å². The Morgan fingerprint density at radius 1 is 1.35 bits per heavy atom. The molecule has 1 aromatic carbocycles. The highest BCUT2D eigenvalue weighted by Gasteiger charge is 2.31. The topological polar surface area (TPSA) is 36.1 Å². The monoisotopic (exact) mass is 246 g/mol. The Morgan fingerprint density at radius 3 is 2.53 bits per heavy atom. The largest absolute Gasteiger partial charge is 0.275 e. The zero-order valence-corrected chi connectivity index (χ0v) is 10.8. The Kier molecular flexibility index (Phi) is 3.49. The Labute approximate surface area is 107 Å².